The lowest BCUT2D eigenvalue weighted by atomic mass is 10.0. The monoisotopic (exact) mass is 217 g/mol. The fraction of sp³-hybridized carbons (Fsp3) is 0.667. The maximum Gasteiger partial charge on any atom is 0.332 e. The summed E-state index contributed by atoms with van der Waals surface area (Å²) in [6.45, 7) is 0. The second-order valence-electron chi connectivity index (χ2n) is 5.26. The average molecular weight is 217 g/mol. The fourth-order valence-corrected chi connectivity index (χ4v) is 3.05. The molecule has 2 aliphatic carbocycles. The van der Waals surface area contributed by atoms with Crippen molar-refractivity contribution in [2.75, 3.05) is 0 Å². The van der Waals surface area contributed by atoms with E-state index in [-0.39, 0.29) is 0 Å². The summed E-state index contributed by atoms with van der Waals surface area (Å²) >= 11 is 0. The van der Waals surface area contributed by atoms with E-state index >= 15 is 0 Å². The molecule has 1 aromatic rings. The summed E-state index contributed by atoms with van der Waals surface area (Å²) in [6, 6.07) is 2.46. The molecule has 0 bridgehead atoms. The van der Waals surface area contributed by atoms with Crippen LogP contribution >= 0.6 is 0 Å². The van der Waals surface area contributed by atoms with E-state index in [1.54, 1.807) is 0 Å². The van der Waals surface area contributed by atoms with Gasteiger partial charge in [0.1, 0.15) is 0 Å². The first-order valence-corrected chi connectivity index (χ1v) is 6.90. The first-order valence-electron chi connectivity index (χ1n) is 6.90. The number of hydrogen-bond donors (Lipinski definition) is 0. The van der Waals surface area contributed by atoms with E-state index in [0.29, 0.717) is 0 Å². The molecule has 0 N–H and O–H groups in total. The van der Waals surface area contributed by atoms with Gasteiger partial charge in [-0.3, -0.25) is 0 Å². The normalized spacial score (nSPS) is 20.5. The Morgan fingerprint density at radius 1 is 0.625 bits per heavy atom. The van der Waals surface area contributed by atoms with E-state index in [0.717, 1.165) is 0 Å². The van der Waals surface area contributed by atoms with Crippen LogP contribution in [0.1, 0.15) is 61.2 Å². The minimum atomic E-state index is 1.17. The molecule has 0 aliphatic heterocycles. The third-order valence-electron chi connectivity index (χ3n) is 4.01. The molecule has 16 heavy (non-hydrogen) atoms. The summed E-state index contributed by atoms with van der Waals surface area (Å²) in [5.74, 6) is 2.61. The van der Waals surface area contributed by atoms with Crippen LogP contribution in [-0.4, -0.2) is 0 Å². The molecule has 1 heterocycles. The Kier molecular flexibility index (Phi) is 2.94. The van der Waals surface area contributed by atoms with Crippen molar-refractivity contribution in [1.82, 2.24) is 0 Å². The maximum atomic E-state index is 6.18. The molecule has 0 amide bonds. The zero-order chi connectivity index (χ0) is 10.8. The first-order chi connectivity index (χ1) is 7.93. The van der Waals surface area contributed by atoms with E-state index in [1.807, 2.05) is 0 Å². The van der Waals surface area contributed by atoms with Gasteiger partial charge in [0.2, 0.25) is 0 Å². The van der Waals surface area contributed by atoms with Crippen LogP contribution in [0.3, 0.4) is 0 Å². The van der Waals surface area contributed by atoms with Gasteiger partial charge in [-0.15, -0.1) is 0 Å². The standard InChI is InChI=1S/C15H21O/c1-3-7-12-11-13-8-4-2-6-10-15(13)16-14(12)9-5-1/h11H,1-10H2/q+1. The molecule has 0 fully saturated rings. The van der Waals surface area contributed by atoms with Crippen molar-refractivity contribution in [3.05, 3.63) is 28.7 Å². The van der Waals surface area contributed by atoms with E-state index in [1.165, 1.54) is 86.9 Å². The third kappa shape index (κ3) is 2.00. The second kappa shape index (κ2) is 4.57. The highest BCUT2D eigenvalue weighted by Gasteiger charge is 2.25. The minimum absolute atomic E-state index is 1.17. The van der Waals surface area contributed by atoms with E-state index in [9.17, 15) is 0 Å². The molecule has 0 saturated carbocycles. The van der Waals surface area contributed by atoms with Crippen molar-refractivity contribution in [2.24, 2.45) is 0 Å². The van der Waals surface area contributed by atoms with Crippen molar-refractivity contribution in [3.8, 4) is 0 Å². The predicted molar refractivity (Wildman–Crippen MR) is 65.6 cm³/mol. The van der Waals surface area contributed by atoms with E-state index in [2.05, 4.69) is 6.07 Å². The van der Waals surface area contributed by atoms with Gasteiger partial charge in [-0.1, -0.05) is 12.8 Å². The predicted octanol–water partition coefficient (Wildman–Crippen LogP) is 4.10. The van der Waals surface area contributed by atoms with E-state index < -0.39 is 0 Å². The highest BCUT2D eigenvalue weighted by molar-refractivity contribution is 5.29. The zero-order valence-electron chi connectivity index (χ0n) is 10.1. The lowest BCUT2D eigenvalue weighted by Crippen LogP contribution is -1.98. The van der Waals surface area contributed by atoms with Crippen LogP contribution in [-0.2, 0) is 25.7 Å². The second-order valence-corrected chi connectivity index (χ2v) is 5.26. The molecule has 1 aromatic heterocycles. The van der Waals surface area contributed by atoms with Crippen LogP contribution in [0.5, 0.6) is 0 Å². The fourth-order valence-electron chi connectivity index (χ4n) is 3.05. The molecular weight excluding hydrogens is 196 g/mol. The zero-order valence-corrected chi connectivity index (χ0v) is 10.1. The van der Waals surface area contributed by atoms with Gasteiger partial charge in [-0.2, -0.15) is 0 Å². The van der Waals surface area contributed by atoms with Crippen molar-refractivity contribution >= 4 is 0 Å². The third-order valence-corrected chi connectivity index (χ3v) is 4.01. The molecule has 0 aromatic carbocycles. The van der Waals surface area contributed by atoms with Gasteiger partial charge in [-0.25, -0.2) is 4.42 Å². The number of hydrogen-bond acceptors (Lipinski definition) is 0. The van der Waals surface area contributed by atoms with Gasteiger partial charge < -0.3 is 0 Å². The van der Waals surface area contributed by atoms with Crippen LogP contribution in [0.2, 0.25) is 0 Å². The summed E-state index contributed by atoms with van der Waals surface area (Å²) in [6.07, 6.45) is 12.9. The highest BCUT2D eigenvalue weighted by atomic mass is 16.3. The average Bonchev–Trinajstić information content (AvgIpc) is 2.64. The summed E-state index contributed by atoms with van der Waals surface area (Å²) in [5.41, 5.74) is 3.02. The van der Waals surface area contributed by atoms with Crippen LogP contribution in [0.4, 0.5) is 0 Å². The Labute approximate surface area is 97.9 Å². The Morgan fingerprint density at radius 2 is 1.12 bits per heavy atom. The first kappa shape index (κ1) is 10.3. The molecular formula is C15H21O+. The summed E-state index contributed by atoms with van der Waals surface area (Å²) in [4.78, 5) is 0. The lowest BCUT2D eigenvalue weighted by Gasteiger charge is -2.01. The maximum absolute atomic E-state index is 6.18. The molecule has 0 atom stereocenters. The van der Waals surface area contributed by atoms with Gasteiger partial charge in [0, 0.05) is 0 Å². The highest BCUT2D eigenvalue weighted by Crippen LogP contribution is 2.28. The van der Waals surface area contributed by atoms with Gasteiger partial charge >= 0.3 is 11.5 Å². The molecule has 0 unspecified atom stereocenters. The number of fused-ring (bicyclic) bond motifs is 2. The Bertz CT molecular complexity index is 313. The van der Waals surface area contributed by atoms with Gasteiger partial charge in [0.05, 0.1) is 24.0 Å². The summed E-state index contributed by atoms with van der Waals surface area (Å²) in [5, 5.41) is 0. The summed E-state index contributed by atoms with van der Waals surface area (Å²) < 4.78 is 6.18. The Morgan fingerprint density at radius 3 is 1.69 bits per heavy atom. The molecule has 0 spiro atoms. The molecule has 2 aliphatic rings. The van der Waals surface area contributed by atoms with E-state index in [4.69, 9.17) is 4.42 Å². The van der Waals surface area contributed by atoms with Crippen LogP contribution in [0.25, 0.3) is 0 Å². The quantitative estimate of drug-likeness (QED) is 0.470. The largest absolute Gasteiger partial charge is 0.332 e. The molecule has 86 valence electrons. The van der Waals surface area contributed by atoms with Crippen LogP contribution < -0.4 is 0 Å². The van der Waals surface area contributed by atoms with Gasteiger partial charge in [0.25, 0.3) is 0 Å². The summed E-state index contributed by atoms with van der Waals surface area (Å²) in [7, 11) is 0. The van der Waals surface area contributed by atoms with Crippen LogP contribution in [0.15, 0.2) is 10.5 Å². The van der Waals surface area contributed by atoms with Crippen LogP contribution in [0, 0.1) is 0 Å². The Balaban J connectivity index is 2.00. The lowest BCUT2D eigenvalue weighted by molar-refractivity contribution is 0.434. The van der Waals surface area contributed by atoms with Crippen molar-refractivity contribution in [2.45, 2.75) is 64.2 Å². The molecule has 0 saturated heterocycles. The van der Waals surface area contributed by atoms with Gasteiger partial charge in [0.15, 0.2) is 0 Å². The van der Waals surface area contributed by atoms with Crippen molar-refractivity contribution in [1.29, 1.82) is 0 Å². The van der Waals surface area contributed by atoms with Crippen molar-refractivity contribution in [3.63, 3.8) is 0 Å². The number of rotatable bonds is 0. The smallest absolute Gasteiger partial charge is 0.217 e. The SMILES string of the molecule is c1c2c([o+]c3c1CCCCC3)CCCCC2. The molecule has 1 nitrogen and oxygen atoms in total. The molecule has 3 rings (SSSR count). The van der Waals surface area contributed by atoms with Gasteiger partial charge in [-0.05, 0) is 44.6 Å². The minimum Gasteiger partial charge on any atom is -0.217 e. The molecule has 1 heteroatoms. The Hall–Kier alpha value is -0.850. The molecule has 0 radical (unpaired) electrons. The number of aryl methyl sites for hydroxylation is 4. The van der Waals surface area contributed by atoms with Crippen molar-refractivity contribution < 1.29 is 4.42 Å². The topological polar surface area (TPSA) is 11.3 Å².